The van der Waals surface area contributed by atoms with Gasteiger partial charge in [0.15, 0.2) is 5.78 Å². The van der Waals surface area contributed by atoms with E-state index in [4.69, 9.17) is 4.74 Å². The van der Waals surface area contributed by atoms with Gasteiger partial charge in [-0.05, 0) is 25.8 Å². The van der Waals surface area contributed by atoms with Crippen molar-refractivity contribution in [2.24, 2.45) is 5.92 Å². The van der Waals surface area contributed by atoms with Gasteiger partial charge in [-0.3, -0.25) is 19.3 Å². The molecule has 146 valence electrons. The van der Waals surface area contributed by atoms with Crippen molar-refractivity contribution < 1.29 is 28.7 Å². The van der Waals surface area contributed by atoms with Crippen LogP contribution in [0.3, 0.4) is 0 Å². The van der Waals surface area contributed by atoms with Crippen LogP contribution in [0.15, 0.2) is 30.3 Å². The molecular weight excluding hydrogens is 350 g/mol. The van der Waals surface area contributed by atoms with Gasteiger partial charge in [0.25, 0.3) is 0 Å². The first-order valence-electron chi connectivity index (χ1n) is 9.02. The Morgan fingerprint density at radius 1 is 1.00 bits per heavy atom. The first-order valence-corrected chi connectivity index (χ1v) is 9.02. The summed E-state index contributed by atoms with van der Waals surface area (Å²) in [7, 11) is 0. The van der Waals surface area contributed by atoms with Crippen LogP contribution in [0.4, 0.5) is 4.79 Å². The maximum Gasteiger partial charge on any atom is 0.410 e. The molecular formula is C20H25NO6. The molecule has 1 amide bonds. The van der Waals surface area contributed by atoms with Crippen LogP contribution in [-0.4, -0.2) is 47.8 Å². The topological polar surface area (TPSA) is 90.0 Å². The summed E-state index contributed by atoms with van der Waals surface area (Å²) in [6, 6.07) is 9.25. The predicted octanol–water partition coefficient (Wildman–Crippen LogP) is 2.52. The first kappa shape index (κ1) is 20.6. The van der Waals surface area contributed by atoms with Gasteiger partial charge in [0, 0.05) is 18.9 Å². The molecule has 0 saturated carbocycles. The van der Waals surface area contributed by atoms with Crippen molar-refractivity contribution in [3.8, 4) is 0 Å². The number of esters is 1. The molecule has 3 rings (SSSR count). The Morgan fingerprint density at radius 3 is 2.22 bits per heavy atom. The maximum absolute atomic E-state index is 11.7. The molecule has 1 aromatic rings. The van der Waals surface area contributed by atoms with Crippen molar-refractivity contribution in [2.75, 3.05) is 13.2 Å². The Morgan fingerprint density at radius 2 is 1.67 bits per heavy atom. The molecule has 2 aliphatic rings. The number of Topliss-reactive ketones (excluding diaryl/α,β-unsaturated/α-hetero) is 2. The van der Waals surface area contributed by atoms with Crippen LogP contribution in [0.5, 0.6) is 0 Å². The molecule has 0 radical (unpaired) electrons. The monoisotopic (exact) mass is 375 g/mol. The van der Waals surface area contributed by atoms with Gasteiger partial charge in [-0.2, -0.15) is 0 Å². The van der Waals surface area contributed by atoms with E-state index < -0.39 is 6.09 Å². The highest BCUT2D eigenvalue weighted by Crippen LogP contribution is 2.18. The van der Waals surface area contributed by atoms with Crippen LogP contribution >= 0.6 is 0 Å². The second-order valence-electron chi connectivity index (χ2n) is 6.66. The fourth-order valence-electron chi connectivity index (χ4n) is 3.03. The van der Waals surface area contributed by atoms with E-state index >= 15 is 0 Å². The lowest BCUT2D eigenvalue weighted by molar-refractivity contribution is -0.151. The van der Waals surface area contributed by atoms with Gasteiger partial charge < -0.3 is 9.47 Å². The normalized spacial score (nSPS) is 22.1. The minimum absolute atomic E-state index is 0.0116. The SMILES string of the molecule is CC(=O)[C@@H]1CCOC(=O)C1.CC(=O)[C@@H]1CCOC(=O)N1Cc1ccccc1. The summed E-state index contributed by atoms with van der Waals surface area (Å²) < 4.78 is 9.64. The lowest BCUT2D eigenvalue weighted by atomic mass is 9.96. The van der Waals surface area contributed by atoms with E-state index in [0.717, 1.165) is 5.56 Å². The first-order chi connectivity index (χ1) is 12.9. The molecule has 2 saturated heterocycles. The summed E-state index contributed by atoms with van der Waals surface area (Å²) in [5, 5.41) is 0. The standard InChI is InChI=1S/C13H15NO3.C7H10O3/c1-10(15)12-7-8-17-13(16)14(12)9-11-5-3-2-4-6-11;1-5(8)6-2-3-10-7(9)4-6/h2-6,12H,7-9H2,1H3;6H,2-4H2,1H3/t12-;6-/m01/s1. The zero-order valence-electron chi connectivity index (χ0n) is 15.7. The van der Waals surface area contributed by atoms with Crippen molar-refractivity contribution in [1.82, 2.24) is 4.90 Å². The molecule has 1 aromatic carbocycles. The highest BCUT2D eigenvalue weighted by molar-refractivity contribution is 5.86. The molecule has 27 heavy (non-hydrogen) atoms. The van der Waals surface area contributed by atoms with Crippen molar-refractivity contribution >= 4 is 23.6 Å². The summed E-state index contributed by atoms with van der Waals surface area (Å²) in [5.74, 6) is -0.220. The third-order valence-corrected chi connectivity index (χ3v) is 4.61. The molecule has 0 bridgehead atoms. The van der Waals surface area contributed by atoms with E-state index in [0.29, 0.717) is 32.6 Å². The van der Waals surface area contributed by atoms with Crippen molar-refractivity contribution in [1.29, 1.82) is 0 Å². The van der Waals surface area contributed by atoms with Crippen LogP contribution in [0, 0.1) is 5.92 Å². The highest BCUT2D eigenvalue weighted by Gasteiger charge is 2.32. The Kier molecular flexibility index (Phi) is 7.52. The summed E-state index contributed by atoms with van der Waals surface area (Å²) in [5.41, 5.74) is 0.998. The van der Waals surface area contributed by atoms with E-state index in [1.54, 1.807) is 0 Å². The van der Waals surface area contributed by atoms with Crippen molar-refractivity contribution in [3.63, 3.8) is 0 Å². The number of nitrogens with zero attached hydrogens (tertiary/aromatic N) is 1. The molecule has 0 unspecified atom stereocenters. The van der Waals surface area contributed by atoms with Gasteiger partial charge in [0.1, 0.15) is 5.78 Å². The number of amides is 1. The molecule has 0 spiro atoms. The second kappa shape index (κ2) is 9.85. The van der Waals surface area contributed by atoms with Gasteiger partial charge in [-0.1, -0.05) is 30.3 Å². The summed E-state index contributed by atoms with van der Waals surface area (Å²) in [6.45, 7) is 4.19. The predicted molar refractivity (Wildman–Crippen MR) is 96.8 cm³/mol. The summed E-state index contributed by atoms with van der Waals surface area (Å²) >= 11 is 0. The number of hydrogen-bond donors (Lipinski definition) is 0. The van der Waals surface area contributed by atoms with Gasteiger partial charge in [-0.25, -0.2) is 4.79 Å². The van der Waals surface area contributed by atoms with Gasteiger partial charge in [0.2, 0.25) is 0 Å². The van der Waals surface area contributed by atoms with Gasteiger partial charge in [-0.15, -0.1) is 0 Å². The number of hydrogen-bond acceptors (Lipinski definition) is 6. The van der Waals surface area contributed by atoms with E-state index in [2.05, 4.69) is 4.74 Å². The molecule has 0 aliphatic carbocycles. The largest absolute Gasteiger partial charge is 0.466 e. The Hall–Kier alpha value is -2.70. The van der Waals surface area contributed by atoms with Crippen LogP contribution in [0.25, 0.3) is 0 Å². The maximum atomic E-state index is 11.7. The number of cyclic esters (lactones) is 2. The number of carbonyl (C=O) groups excluding carboxylic acids is 4. The van der Waals surface area contributed by atoms with E-state index in [1.165, 1.54) is 18.7 Å². The summed E-state index contributed by atoms with van der Waals surface area (Å²) in [4.78, 5) is 46.0. The Bertz CT molecular complexity index is 685. The van der Waals surface area contributed by atoms with Crippen LogP contribution in [-0.2, 0) is 30.4 Å². The molecule has 0 aromatic heterocycles. The van der Waals surface area contributed by atoms with Crippen LogP contribution < -0.4 is 0 Å². The molecule has 7 nitrogen and oxygen atoms in total. The highest BCUT2D eigenvalue weighted by atomic mass is 16.6. The third-order valence-electron chi connectivity index (χ3n) is 4.61. The number of ketones is 2. The number of ether oxygens (including phenoxy) is 2. The molecule has 2 heterocycles. The van der Waals surface area contributed by atoms with E-state index in [1.807, 2.05) is 30.3 Å². The zero-order valence-corrected chi connectivity index (χ0v) is 15.7. The van der Waals surface area contributed by atoms with E-state index in [9.17, 15) is 19.2 Å². The lowest BCUT2D eigenvalue weighted by Crippen LogP contribution is -2.48. The Labute approximate surface area is 158 Å². The summed E-state index contributed by atoms with van der Waals surface area (Å²) in [6.07, 6.45) is 1.14. The minimum atomic E-state index is -0.402. The fourth-order valence-corrected chi connectivity index (χ4v) is 3.03. The van der Waals surface area contributed by atoms with Crippen LogP contribution in [0.2, 0.25) is 0 Å². The number of benzene rings is 1. The third kappa shape index (κ3) is 6.20. The molecule has 0 N–H and O–H groups in total. The van der Waals surface area contributed by atoms with Crippen molar-refractivity contribution in [2.45, 2.75) is 45.7 Å². The zero-order chi connectivity index (χ0) is 19.8. The lowest BCUT2D eigenvalue weighted by Gasteiger charge is -2.33. The van der Waals surface area contributed by atoms with E-state index in [-0.39, 0.29) is 35.9 Å². The van der Waals surface area contributed by atoms with Gasteiger partial charge in [0.05, 0.1) is 25.7 Å². The smallest absolute Gasteiger partial charge is 0.410 e. The van der Waals surface area contributed by atoms with Crippen molar-refractivity contribution in [3.05, 3.63) is 35.9 Å². The molecule has 2 atom stereocenters. The molecule has 2 aliphatic heterocycles. The molecule has 2 fully saturated rings. The number of rotatable bonds is 4. The second-order valence-corrected chi connectivity index (χ2v) is 6.66. The Balaban J connectivity index is 0.000000223. The number of carbonyl (C=O) groups is 4. The fraction of sp³-hybridized carbons (Fsp3) is 0.500. The quantitative estimate of drug-likeness (QED) is 0.751. The average Bonchev–Trinajstić information content (AvgIpc) is 2.64. The average molecular weight is 375 g/mol. The van der Waals surface area contributed by atoms with Gasteiger partial charge >= 0.3 is 12.1 Å². The van der Waals surface area contributed by atoms with Crippen LogP contribution in [0.1, 0.15) is 38.7 Å². The molecule has 7 heteroatoms. The minimum Gasteiger partial charge on any atom is -0.466 e.